The number of hydrogen-bond acceptors (Lipinski definition) is 4. The maximum absolute atomic E-state index is 8.85. The first-order chi connectivity index (χ1) is 10.6. The Labute approximate surface area is 129 Å². The molecule has 0 unspecified atom stereocenters. The number of nitrogens with two attached hydrogens (primary N) is 1. The Balaban J connectivity index is 2.03. The van der Waals surface area contributed by atoms with E-state index in [2.05, 4.69) is 10.6 Å². The number of hydrogen-bond donors (Lipinski definition) is 1. The topological polar surface area (TPSA) is 73.2 Å². The normalized spacial score (nSPS) is 14.5. The highest BCUT2D eigenvalue weighted by Gasteiger charge is 2.18. The van der Waals surface area contributed by atoms with Gasteiger partial charge in [-0.15, -0.1) is 0 Å². The van der Waals surface area contributed by atoms with Crippen LogP contribution >= 0.6 is 0 Å². The summed E-state index contributed by atoms with van der Waals surface area (Å²) in [6.45, 7) is 5.21. The van der Waals surface area contributed by atoms with Crippen LogP contribution in [0.5, 0.6) is 11.5 Å². The number of benzene rings is 1. The molecule has 1 aliphatic rings. The van der Waals surface area contributed by atoms with Crippen molar-refractivity contribution in [2.45, 2.75) is 26.3 Å². The van der Waals surface area contributed by atoms with Crippen LogP contribution in [-0.4, -0.2) is 17.8 Å². The van der Waals surface area contributed by atoms with E-state index in [0.29, 0.717) is 19.6 Å². The van der Waals surface area contributed by atoms with Crippen molar-refractivity contribution >= 4 is 0 Å². The molecule has 1 atom stereocenters. The van der Waals surface area contributed by atoms with Gasteiger partial charge in [0.05, 0.1) is 12.5 Å². The van der Waals surface area contributed by atoms with Gasteiger partial charge >= 0.3 is 0 Å². The highest BCUT2D eigenvalue weighted by atomic mass is 16.6. The van der Waals surface area contributed by atoms with E-state index in [0.717, 1.165) is 34.1 Å². The maximum Gasteiger partial charge on any atom is 0.163 e. The van der Waals surface area contributed by atoms with Crippen LogP contribution in [-0.2, 0) is 0 Å². The van der Waals surface area contributed by atoms with E-state index in [1.807, 2.05) is 38.1 Å². The van der Waals surface area contributed by atoms with E-state index in [4.69, 9.17) is 20.5 Å². The monoisotopic (exact) mass is 297 g/mol. The van der Waals surface area contributed by atoms with Crippen molar-refractivity contribution in [2.75, 3.05) is 13.2 Å². The average molecular weight is 297 g/mol. The van der Waals surface area contributed by atoms with Crippen LogP contribution in [0.25, 0.3) is 5.69 Å². The fourth-order valence-electron chi connectivity index (χ4n) is 2.94. The minimum Gasteiger partial charge on any atom is -0.486 e. The summed E-state index contributed by atoms with van der Waals surface area (Å²) in [5, 5.41) is 8.85. The van der Waals surface area contributed by atoms with E-state index in [1.54, 1.807) is 0 Å². The van der Waals surface area contributed by atoms with E-state index >= 15 is 0 Å². The molecule has 5 nitrogen and oxygen atoms in total. The number of nitrogens with zero attached hydrogens (tertiary/aromatic N) is 2. The smallest absolute Gasteiger partial charge is 0.163 e. The lowest BCUT2D eigenvalue weighted by Gasteiger charge is -2.20. The zero-order valence-electron chi connectivity index (χ0n) is 12.8. The summed E-state index contributed by atoms with van der Waals surface area (Å²) in [5.74, 6) is 1.54. The second kappa shape index (κ2) is 5.74. The van der Waals surface area contributed by atoms with Gasteiger partial charge < -0.3 is 19.8 Å². The molecule has 22 heavy (non-hydrogen) atoms. The Morgan fingerprint density at radius 2 is 1.95 bits per heavy atom. The third kappa shape index (κ3) is 2.42. The minimum absolute atomic E-state index is 0.262. The molecule has 1 aliphatic heterocycles. The molecular formula is C17H19N3O2. The van der Waals surface area contributed by atoms with Crippen molar-refractivity contribution in [3.63, 3.8) is 0 Å². The van der Waals surface area contributed by atoms with Crippen LogP contribution in [0.3, 0.4) is 0 Å². The third-order valence-electron chi connectivity index (χ3n) is 3.96. The molecule has 2 N–H and O–H groups in total. The highest BCUT2D eigenvalue weighted by molar-refractivity contribution is 5.52. The Morgan fingerprint density at radius 3 is 2.68 bits per heavy atom. The van der Waals surface area contributed by atoms with Crippen LogP contribution in [0.4, 0.5) is 0 Å². The number of nitriles is 1. The summed E-state index contributed by atoms with van der Waals surface area (Å²) in [4.78, 5) is 0. The van der Waals surface area contributed by atoms with Gasteiger partial charge in [0.2, 0.25) is 0 Å². The molecule has 0 amide bonds. The van der Waals surface area contributed by atoms with Gasteiger partial charge in [-0.25, -0.2) is 0 Å². The average Bonchev–Trinajstić information content (AvgIpc) is 2.82. The lowest BCUT2D eigenvalue weighted by Crippen LogP contribution is -2.15. The van der Waals surface area contributed by atoms with E-state index < -0.39 is 0 Å². The van der Waals surface area contributed by atoms with Crippen molar-refractivity contribution in [1.82, 2.24) is 4.57 Å². The third-order valence-corrected chi connectivity index (χ3v) is 3.96. The van der Waals surface area contributed by atoms with Gasteiger partial charge in [-0.05, 0) is 37.6 Å². The molecular weight excluding hydrogens is 278 g/mol. The first kappa shape index (κ1) is 14.5. The highest BCUT2D eigenvalue weighted by Crippen LogP contribution is 2.34. The van der Waals surface area contributed by atoms with E-state index in [9.17, 15) is 0 Å². The summed E-state index contributed by atoms with van der Waals surface area (Å²) in [5.41, 5.74) is 10.2. The largest absolute Gasteiger partial charge is 0.486 e. The molecule has 0 saturated heterocycles. The van der Waals surface area contributed by atoms with Crippen LogP contribution in [0.1, 0.15) is 29.4 Å². The van der Waals surface area contributed by atoms with Crippen LogP contribution in [0.2, 0.25) is 0 Å². The molecule has 2 aromatic rings. The van der Waals surface area contributed by atoms with Gasteiger partial charge in [-0.2, -0.15) is 5.26 Å². The van der Waals surface area contributed by atoms with Gasteiger partial charge in [0.25, 0.3) is 0 Å². The van der Waals surface area contributed by atoms with E-state index in [1.165, 1.54) is 0 Å². The second-order valence-electron chi connectivity index (χ2n) is 5.46. The minimum atomic E-state index is -0.262. The molecule has 0 radical (unpaired) electrons. The Bertz CT molecular complexity index is 743. The zero-order valence-corrected chi connectivity index (χ0v) is 12.8. The fourth-order valence-corrected chi connectivity index (χ4v) is 2.94. The van der Waals surface area contributed by atoms with Crippen molar-refractivity contribution in [3.05, 3.63) is 41.2 Å². The van der Waals surface area contributed by atoms with Gasteiger partial charge in [-0.3, -0.25) is 0 Å². The van der Waals surface area contributed by atoms with Crippen LogP contribution < -0.4 is 15.2 Å². The number of fused-ring (bicyclic) bond motifs is 1. The predicted molar refractivity (Wildman–Crippen MR) is 83.4 cm³/mol. The number of rotatable bonds is 3. The molecule has 0 saturated carbocycles. The summed E-state index contributed by atoms with van der Waals surface area (Å²) in [6, 6.07) is 9.84. The molecule has 0 bridgehead atoms. The predicted octanol–water partition coefficient (Wildman–Crippen LogP) is 2.78. The Kier molecular flexibility index (Phi) is 3.78. The summed E-state index contributed by atoms with van der Waals surface area (Å²) in [6.07, 6.45) is 0.311. The Morgan fingerprint density at radius 1 is 1.23 bits per heavy atom. The van der Waals surface area contributed by atoms with Gasteiger partial charge in [0.15, 0.2) is 11.5 Å². The Hall–Kier alpha value is -2.45. The first-order valence-corrected chi connectivity index (χ1v) is 7.33. The lowest BCUT2D eigenvalue weighted by atomic mass is 10.1. The molecule has 1 aromatic heterocycles. The fraction of sp³-hybridized carbons (Fsp3) is 0.353. The quantitative estimate of drug-likeness (QED) is 0.945. The standard InChI is InChI=1S/C17H19N3O2/c1-11-9-14(15(19)5-6-18)12(2)20(11)13-3-4-16-17(10-13)22-8-7-21-16/h3-4,9-10,15H,5,7-8,19H2,1-2H3/t15-/m0/s1. The summed E-state index contributed by atoms with van der Waals surface area (Å²) >= 11 is 0. The molecule has 1 aromatic carbocycles. The van der Waals surface area contributed by atoms with Gasteiger partial charge in [0, 0.05) is 29.2 Å². The molecule has 0 fully saturated rings. The van der Waals surface area contributed by atoms with Crippen LogP contribution in [0, 0.1) is 25.2 Å². The molecule has 0 spiro atoms. The van der Waals surface area contributed by atoms with E-state index in [-0.39, 0.29) is 6.04 Å². The maximum atomic E-state index is 8.85. The number of ether oxygens (including phenoxy) is 2. The first-order valence-electron chi connectivity index (χ1n) is 7.33. The van der Waals surface area contributed by atoms with Crippen LogP contribution in [0.15, 0.2) is 24.3 Å². The molecule has 0 aliphatic carbocycles. The van der Waals surface area contributed by atoms with Gasteiger partial charge in [-0.1, -0.05) is 0 Å². The van der Waals surface area contributed by atoms with Crippen molar-refractivity contribution in [1.29, 1.82) is 5.26 Å². The number of aryl methyl sites for hydroxylation is 1. The van der Waals surface area contributed by atoms with Crippen molar-refractivity contribution < 1.29 is 9.47 Å². The molecule has 3 rings (SSSR count). The van der Waals surface area contributed by atoms with Crippen molar-refractivity contribution in [2.24, 2.45) is 5.73 Å². The van der Waals surface area contributed by atoms with Crippen molar-refractivity contribution in [3.8, 4) is 23.3 Å². The summed E-state index contributed by atoms with van der Waals surface area (Å²) < 4.78 is 13.3. The molecule has 5 heteroatoms. The molecule has 114 valence electrons. The number of aromatic nitrogens is 1. The molecule has 2 heterocycles. The SMILES string of the molecule is Cc1cc([C@@H](N)CC#N)c(C)n1-c1ccc2c(c1)OCCO2. The lowest BCUT2D eigenvalue weighted by molar-refractivity contribution is 0.171. The van der Waals surface area contributed by atoms with Gasteiger partial charge in [0.1, 0.15) is 13.2 Å². The second-order valence-corrected chi connectivity index (χ2v) is 5.46. The zero-order chi connectivity index (χ0) is 15.7. The summed E-state index contributed by atoms with van der Waals surface area (Å²) in [7, 11) is 0.